The molecule has 2 heterocycles. The lowest BCUT2D eigenvalue weighted by Gasteiger charge is -2.27. The summed E-state index contributed by atoms with van der Waals surface area (Å²) in [6.07, 6.45) is 5.13. The predicted molar refractivity (Wildman–Crippen MR) is 88.4 cm³/mol. The number of nitrogens with one attached hydrogen (secondary N) is 1. The molecule has 1 saturated carbocycles. The zero-order valence-electron chi connectivity index (χ0n) is 13.0. The molecule has 114 valence electrons. The van der Waals surface area contributed by atoms with E-state index in [1.807, 2.05) is 0 Å². The van der Waals surface area contributed by atoms with Gasteiger partial charge < -0.3 is 10.1 Å². The summed E-state index contributed by atoms with van der Waals surface area (Å²) < 4.78 is 6.25. The van der Waals surface area contributed by atoms with E-state index in [0.717, 1.165) is 41.4 Å². The van der Waals surface area contributed by atoms with Gasteiger partial charge in [-0.1, -0.05) is 13.3 Å². The van der Waals surface area contributed by atoms with Crippen molar-refractivity contribution in [2.75, 3.05) is 11.9 Å². The molecule has 4 nitrogen and oxygen atoms in total. The Morgan fingerprint density at radius 2 is 2.24 bits per heavy atom. The maximum atomic E-state index is 6.25. The molecule has 1 N–H and O–H groups in total. The topological polar surface area (TPSA) is 47.0 Å². The zero-order valence-corrected chi connectivity index (χ0v) is 13.8. The molecule has 1 aliphatic carbocycles. The SMILES string of the molecule is CCNc1nc(OC2CCCC(C)C2)c2cc(C)sc2n1. The van der Waals surface area contributed by atoms with Crippen LogP contribution < -0.4 is 10.1 Å². The van der Waals surface area contributed by atoms with E-state index in [1.54, 1.807) is 11.3 Å². The minimum Gasteiger partial charge on any atom is -0.474 e. The number of hydrogen-bond acceptors (Lipinski definition) is 5. The first-order valence-corrected chi connectivity index (χ1v) is 8.66. The van der Waals surface area contributed by atoms with Crippen LogP contribution in [0.1, 0.15) is 44.4 Å². The molecule has 21 heavy (non-hydrogen) atoms. The molecule has 0 spiro atoms. The van der Waals surface area contributed by atoms with E-state index in [9.17, 15) is 0 Å². The third-order valence-corrected chi connectivity index (χ3v) is 4.93. The van der Waals surface area contributed by atoms with Crippen LogP contribution in [0.5, 0.6) is 5.88 Å². The van der Waals surface area contributed by atoms with Crippen LogP contribution in [0.15, 0.2) is 6.07 Å². The van der Waals surface area contributed by atoms with Crippen molar-refractivity contribution in [2.24, 2.45) is 5.92 Å². The van der Waals surface area contributed by atoms with Crippen molar-refractivity contribution in [1.29, 1.82) is 0 Å². The zero-order chi connectivity index (χ0) is 14.8. The van der Waals surface area contributed by atoms with Gasteiger partial charge in [0.25, 0.3) is 0 Å². The Labute approximate surface area is 129 Å². The van der Waals surface area contributed by atoms with Crippen molar-refractivity contribution in [3.05, 3.63) is 10.9 Å². The summed E-state index contributed by atoms with van der Waals surface area (Å²) in [4.78, 5) is 11.4. The third kappa shape index (κ3) is 3.28. The molecule has 0 aliphatic heterocycles. The number of ether oxygens (including phenoxy) is 1. The highest BCUT2D eigenvalue weighted by molar-refractivity contribution is 7.18. The van der Waals surface area contributed by atoms with Crippen LogP contribution in [0.4, 0.5) is 5.95 Å². The molecule has 5 heteroatoms. The minimum absolute atomic E-state index is 0.293. The number of aryl methyl sites for hydroxylation is 1. The van der Waals surface area contributed by atoms with Crippen molar-refractivity contribution in [3.63, 3.8) is 0 Å². The van der Waals surface area contributed by atoms with Gasteiger partial charge in [0.1, 0.15) is 10.9 Å². The molecule has 0 amide bonds. The second kappa shape index (κ2) is 6.18. The maximum absolute atomic E-state index is 6.25. The van der Waals surface area contributed by atoms with Crippen molar-refractivity contribution in [3.8, 4) is 5.88 Å². The summed E-state index contributed by atoms with van der Waals surface area (Å²) in [7, 11) is 0. The largest absolute Gasteiger partial charge is 0.474 e. The molecule has 3 rings (SSSR count). The smallest absolute Gasteiger partial charge is 0.227 e. The van der Waals surface area contributed by atoms with Crippen molar-refractivity contribution in [1.82, 2.24) is 9.97 Å². The monoisotopic (exact) mass is 305 g/mol. The fraction of sp³-hybridized carbons (Fsp3) is 0.625. The fourth-order valence-electron chi connectivity index (χ4n) is 2.99. The molecular weight excluding hydrogens is 282 g/mol. The highest BCUT2D eigenvalue weighted by Crippen LogP contribution is 2.34. The second-order valence-corrected chi connectivity index (χ2v) is 7.20. The Morgan fingerprint density at radius 3 is 3.00 bits per heavy atom. The van der Waals surface area contributed by atoms with Gasteiger partial charge in [-0.25, -0.2) is 4.98 Å². The number of rotatable bonds is 4. The highest BCUT2D eigenvalue weighted by atomic mass is 32.1. The average molecular weight is 305 g/mol. The first-order valence-electron chi connectivity index (χ1n) is 7.84. The van der Waals surface area contributed by atoms with Gasteiger partial charge in [-0.2, -0.15) is 4.98 Å². The standard InChI is InChI=1S/C16H23N3OS/c1-4-17-16-18-14(13-9-11(3)21-15(13)19-16)20-12-7-5-6-10(2)8-12/h9-10,12H,4-8H2,1-3H3,(H,17,18,19). The van der Waals surface area contributed by atoms with Crippen molar-refractivity contribution < 1.29 is 4.74 Å². The van der Waals surface area contributed by atoms with Crippen molar-refractivity contribution >= 4 is 27.5 Å². The fourth-order valence-corrected chi connectivity index (χ4v) is 3.86. The lowest BCUT2D eigenvalue weighted by Crippen LogP contribution is -2.24. The molecule has 1 fully saturated rings. The van der Waals surface area contributed by atoms with Crippen LogP contribution in [-0.2, 0) is 0 Å². The molecule has 0 radical (unpaired) electrons. The summed E-state index contributed by atoms with van der Waals surface area (Å²) in [5, 5.41) is 4.25. The molecule has 2 unspecified atom stereocenters. The van der Waals surface area contributed by atoms with E-state index < -0.39 is 0 Å². The van der Waals surface area contributed by atoms with Gasteiger partial charge in [-0.05, 0) is 45.1 Å². The lowest BCUT2D eigenvalue weighted by molar-refractivity contribution is 0.126. The van der Waals surface area contributed by atoms with Crippen LogP contribution in [-0.4, -0.2) is 22.6 Å². The molecule has 2 atom stereocenters. The maximum Gasteiger partial charge on any atom is 0.227 e. The molecule has 0 bridgehead atoms. The molecular formula is C16H23N3OS. The molecule has 0 saturated heterocycles. The van der Waals surface area contributed by atoms with E-state index in [1.165, 1.54) is 17.7 Å². The summed E-state index contributed by atoms with van der Waals surface area (Å²) >= 11 is 1.70. The van der Waals surface area contributed by atoms with Crippen LogP contribution in [0.2, 0.25) is 0 Å². The van der Waals surface area contributed by atoms with Crippen LogP contribution in [0.25, 0.3) is 10.2 Å². The summed E-state index contributed by atoms with van der Waals surface area (Å²) in [6, 6.07) is 2.14. The van der Waals surface area contributed by atoms with Crippen molar-refractivity contribution in [2.45, 2.75) is 52.6 Å². The van der Waals surface area contributed by atoms with Gasteiger partial charge in [0.15, 0.2) is 0 Å². The molecule has 0 aromatic carbocycles. The quantitative estimate of drug-likeness (QED) is 0.910. The van der Waals surface area contributed by atoms with Gasteiger partial charge in [-0.15, -0.1) is 11.3 Å². The van der Waals surface area contributed by atoms with E-state index in [4.69, 9.17) is 4.74 Å². The van der Waals surface area contributed by atoms with Gasteiger partial charge in [0, 0.05) is 11.4 Å². The number of fused-ring (bicyclic) bond motifs is 1. The minimum atomic E-state index is 0.293. The Kier molecular flexibility index (Phi) is 4.29. The predicted octanol–water partition coefficient (Wildman–Crippen LogP) is 4.39. The van der Waals surface area contributed by atoms with Crippen LogP contribution in [0.3, 0.4) is 0 Å². The van der Waals surface area contributed by atoms with Gasteiger partial charge >= 0.3 is 0 Å². The van der Waals surface area contributed by atoms with E-state index in [0.29, 0.717) is 12.1 Å². The van der Waals surface area contributed by atoms with Crippen LogP contribution >= 0.6 is 11.3 Å². The third-order valence-electron chi connectivity index (χ3n) is 3.98. The Bertz CT molecular complexity index is 625. The van der Waals surface area contributed by atoms with E-state index in [-0.39, 0.29) is 0 Å². The number of aromatic nitrogens is 2. The van der Waals surface area contributed by atoms with Crippen LogP contribution in [0, 0.1) is 12.8 Å². The van der Waals surface area contributed by atoms with Gasteiger partial charge in [0.2, 0.25) is 11.8 Å². The van der Waals surface area contributed by atoms with Gasteiger partial charge in [-0.3, -0.25) is 0 Å². The molecule has 1 aliphatic rings. The number of nitrogens with zero attached hydrogens (tertiary/aromatic N) is 2. The average Bonchev–Trinajstić information content (AvgIpc) is 2.80. The lowest BCUT2D eigenvalue weighted by atomic mass is 9.89. The first kappa shape index (κ1) is 14.6. The summed E-state index contributed by atoms with van der Waals surface area (Å²) in [5.74, 6) is 2.17. The Hall–Kier alpha value is -1.36. The molecule has 2 aromatic heterocycles. The normalized spacial score (nSPS) is 22.4. The first-order chi connectivity index (χ1) is 10.2. The highest BCUT2D eigenvalue weighted by Gasteiger charge is 2.22. The summed E-state index contributed by atoms with van der Waals surface area (Å²) in [6.45, 7) is 7.28. The number of hydrogen-bond donors (Lipinski definition) is 1. The van der Waals surface area contributed by atoms with Gasteiger partial charge in [0.05, 0.1) is 5.39 Å². The summed E-state index contributed by atoms with van der Waals surface area (Å²) in [5.41, 5.74) is 0. The Balaban J connectivity index is 1.91. The molecule has 2 aromatic rings. The number of anilines is 1. The van der Waals surface area contributed by atoms with E-state index >= 15 is 0 Å². The second-order valence-electron chi connectivity index (χ2n) is 5.97. The Morgan fingerprint density at radius 1 is 1.38 bits per heavy atom. The number of thiophene rings is 1. The van der Waals surface area contributed by atoms with E-state index in [2.05, 4.69) is 42.1 Å².